The average molecular weight is 207 g/mol. The second kappa shape index (κ2) is 5.23. The van der Waals surface area contributed by atoms with Crippen LogP contribution in [0.15, 0.2) is 18.2 Å². The molecule has 0 radical (unpaired) electrons. The molecule has 4 heteroatoms. The van der Waals surface area contributed by atoms with Crippen molar-refractivity contribution in [1.82, 2.24) is 0 Å². The summed E-state index contributed by atoms with van der Waals surface area (Å²) in [4.78, 5) is 0. The molecule has 0 aromatic heterocycles. The minimum absolute atomic E-state index is 0. The van der Waals surface area contributed by atoms with Gasteiger partial charge in [0.2, 0.25) is 0 Å². The van der Waals surface area contributed by atoms with E-state index in [9.17, 15) is 0 Å². The number of hydrogen-bond acceptors (Lipinski definition) is 2. The predicted octanol–water partition coefficient (Wildman–Crippen LogP) is 1.63. The molecule has 2 nitrogen and oxygen atoms in total. The third kappa shape index (κ3) is 2.26. The Balaban J connectivity index is 0.00000121. The molecule has 1 rings (SSSR count). The van der Waals surface area contributed by atoms with Gasteiger partial charge in [-0.2, -0.15) is 0 Å². The van der Waals surface area contributed by atoms with Crippen molar-refractivity contribution < 1.29 is 9.47 Å². The fourth-order valence-corrected chi connectivity index (χ4v) is 1.28. The van der Waals surface area contributed by atoms with Crippen LogP contribution >= 0.6 is 21.6 Å². The molecular weight excluding hydrogens is 195 g/mol. The molecule has 0 aliphatic heterocycles. The molecule has 0 fully saturated rings. The second-order valence-corrected chi connectivity index (χ2v) is 2.70. The molecule has 1 aromatic rings. The normalized spacial score (nSPS) is 8.58. The van der Waals surface area contributed by atoms with E-state index in [1.807, 2.05) is 18.2 Å². The Morgan fingerprint density at radius 1 is 1.17 bits per heavy atom. The van der Waals surface area contributed by atoms with E-state index in [0.29, 0.717) is 0 Å². The van der Waals surface area contributed by atoms with E-state index in [0.717, 1.165) is 16.8 Å². The largest absolute Gasteiger partial charge is 0.493 e. The van der Waals surface area contributed by atoms with Crippen LogP contribution < -0.4 is 14.8 Å². The fraction of sp³-hybridized carbons (Fsp3) is 0.250. The van der Waals surface area contributed by atoms with Gasteiger partial charge in [0.05, 0.1) is 14.2 Å². The Morgan fingerprint density at radius 3 is 2.25 bits per heavy atom. The van der Waals surface area contributed by atoms with Gasteiger partial charge in [-0.05, 0) is 6.07 Å². The van der Waals surface area contributed by atoms with Crippen molar-refractivity contribution in [2.24, 2.45) is 0 Å². The molecular formula is C8H12ClO2P. The molecule has 0 bridgehead atoms. The second-order valence-electron chi connectivity index (χ2n) is 2.08. The highest BCUT2D eigenvalue weighted by Gasteiger charge is 2.03. The number of hydrogen-bond donors (Lipinski definition) is 0. The van der Waals surface area contributed by atoms with E-state index < -0.39 is 0 Å². The zero-order valence-corrected chi connectivity index (χ0v) is 9.01. The molecule has 12 heavy (non-hydrogen) atoms. The summed E-state index contributed by atoms with van der Waals surface area (Å²) in [5, 5.41) is 1.01. The molecule has 0 aliphatic rings. The summed E-state index contributed by atoms with van der Waals surface area (Å²) in [7, 11) is 5.85. The summed E-state index contributed by atoms with van der Waals surface area (Å²) < 4.78 is 10.2. The van der Waals surface area contributed by atoms with Crippen LogP contribution in [-0.4, -0.2) is 14.2 Å². The van der Waals surface area contributed by atoms with Crippen molar-refractivity contribution in [3.8, 4) is 11.5 Å². The van der Waals surface area contributed by atoms with Crippen LogP contribution in [0.2, 0.25) is 0 Å². The van der Waals surface area contributed by atoms with Crippen LogP contribution in [0.1, 0.15) is 0 Å². The molecule has 68 valence electrons. The van der Waals surface area contributed by atoms with E-state index in [4.69, 9.17) is 9.47 Å². The van der Waals surface area contributed by atoms with Crippen LogP contribution in [0.3, 0.4) is 0 Å². The lowest BCUT2D eigenvalue weighted by atomic mass is 10.3. The summed E-state index contributed by atoms with van der Waals surface area (Å²) in [6.45, 7) is 0. The van der Waals surface area contributed by atoms with Gasteiger partial charge >= 0.3 is 0 Å². The van der Waals surface area contributed by atoms with Crippen molar-refractivity contribution in [3.63, 3.8) is 0 Å². The van der Waals surface area contributed by atoms with Gasteiger partial charge in [-0.3, -0.25) is 0 Å². The van der Waals surface area contributed by atoms with Gasteiger partial charge < -0.3 is 9.47 Å². The first kappa shape index (κ1) is 11.5. The van der Waals surface area contributed by atoms with Gasteiger partial charge in [0.25, 0.3) is 0 Å². The van der Waals surface area contributed by atoms with Crippen molar-refractivity contribution in [2.45, 2.75) is 0 Å². The lowest BCUT2D eigenvalue weighted by molar-refractivity contribution is 0.357. The van der Waals surface area contributed by atoms with Crippen LogP contribution in [0.4, 0.5) is 0 Å². The Labute approximate surface area is 80.9 Å². The van der Waals surface area contributed by atoms with E-state index >= 15 is 0 Å². The van der Waals surface area contributed by atoms with Gasteiger partial charge in [-0.15, -0.1) is 21.6 Å². The van der Waals surface area contributed by atoms with E-state index in [1.165, 1.54) is 0 Å². The lowest BCUT2D eigenvalue weighted by Gasteiger charge is -2.08. The monoisotopic (exact) mass is 206 g/mol. The molecule has 0 saturated heterocycles. The van der Waals surface area contributed by atoms with E-state index in [1.54, 1.807) is 14.2 Å². The van der Waals surface area contributed by atoms with Crippen molar-refractivity contribution in [3.05, 3.63) is 18.2 Å². The van der Waals surface area contributed by atoms with E-state index in [2.05, 4.69) is 9.24 Å². The first-order valence-electron chi connectivity index (χ1n) is 3.26. The first-order valence-corrected chi connectivity index (χ1v) is 3.83. The summed E-state index contributed by atoms with van der Waals surface area (Å²) in [5.74, 6) is 1.54. The quantitative estimate of drug-likeness (QED) is 0.685. The number of para-hydroxylation sites is 1. The highest BCUT2D eigenvalue weighted by molar-refractivity contribution is 7.27. The first-order chi connectivity index (χ1) is 5.29. The van der Waals surface area contributed by atoms with Gasteiger partial charge in [-0.1, -0.05) is 12.1 Å². The number of benzene rings is 1. The highest BCUT2D eigenvalue weighted by Crippen LogP contribution is 2.24. The Hall–Kier alpha value is -0.460. The number of halogens is 1. The molecule has 1 aromatic carbocycles. The number of rotatable bonds is 2. The molecule has 0 heterocycles. The van der Waals surface area contributed by atoms with Crippen LogP contribution in [0.25, 0.3) is 0 Å². The van der Waals surface area contributed by atoms with E-state index in [-0.39, 0.29) is 12.4 Å². The summed E-state index contributed by atoms with van der Waals surface area (Å²) in [6.07, 6.45) is 0. The maximum Gasteiger partial charge on any atom is 0.167 e. The topological polar surface area (TPSA) is 18.5 Å². The minimum atomic E-state index is 0. The van der Waals surface area contributed by atoms with Gasteiger partial charge in [0, 0.05) is 5.30 Å². The van der Waals surface area contributed by atoms with Crippen molar-refractivity contribution in [2.75, 3.05) is 14.2 Å². The molecule has 0 saturated carbocycles. The Bertz CT molecular complexity index is 253. The van der Waals surface area contributed by atoms with Crippen molar-refractivity contribution in [1.29, 1.82) is 0 Å². The summed E-state index contributed by atoms with van der Waals surface area (Å²) in [6, 6.07) is 5.74. The maximum absolute atomic E-state index is 5.12. The molecule has 0 spiro atoms. The molecule has 0 N–H and O–H groups in total. The fourth-order valence-electron chi connectivity index (χ4n) is 0.912. The van der Waals surface area contributed by atoms with Gasteiger partial charge in [0.15, 0.2) is 11.5 Å². The molecule has 0 amide bonds. The SMILES string of the molecule is COc1cccc(P)c1OC.Cl. The number of ether oxygens (including phenoxy) is 2. The minimum Gasteiger partial charge on any atom is -0.493 e. The van der Waals surface area contributed by atoms with Crippen LogP contribution in [0, 0.1) is 0 Å². The van der Waals surface area contributed by atoms with Gasteiger partial charge in [-0.25, -0.2) is 0 Å². The molecule has 0 aliphatic carbocycles. The third-order valence-corrected chi connectivity index (χ3v) is 1.89. The summed E-state index contributed by atoms with van der Waals surface area (Å²) in [5.41, 5.74) is 0. The predicted molar refractivity (Wildman–Crippen MR) is 56.1 cm³/mol. The Morgan fingerprint density at radius 2 is 1.83 bits per heavy atom. The zero-order chi connectivity index (χ0) is 8.27. The van der Waals surface area contributed by atoms with Crippen molar-refractivity contribution >= 4 is 27.0 Å². The maximum atomic E-state index is 5.12. The summed E-state index contributed by atoms with van der Waals surface area (Å²) >= 11 is 0. The molecule has 1 unspecified atom stereocenters. The number of methoxy groups -OCH3 is 2. The average Bonchev–Trinajstić information content (AvgIpc) is 2.04. The standard InChI is InChI=1S/C8H11O2P.ClH/c1-9-6-4-3-5-7(11)8(6)10-2;/h3-5H,11H2,1-2H3;1H. The highest BCUT2D eigenvalue weighted by atomic mass is 35.5. The molecule has 1 atom stereocenters. The van der Waals surface area contributed by atoms with Crippen LogP contribution in [0.5, 0.6) is 11.5 Å². The third-order valence-electron chi connectivity index (χ3n) is 1.43. The van der Waals surface area contributed by atoms with Gasteiger partial charge in [0.1, 0.15) is 0 Å². The smallest absolute Gasteiger partial charge is 0.167 e. The zero-order valence-electron chi connectivity index (χ0n) is 7.03. The Kier molecular flexibility index (Phi) is 5.03. The lowest BCUT2D eigenvalue weighted by Crippen LogP contribution is -2.00. The van der Waals surface area contributed by atoms with Crippen LogP contribution in [-0.2, 0) is 0 Å².